The molecular formula is C20H34N10O10P2+2. The summed E-state index contributed by atoms with van der Waals surface area (Å²) in [6.07, 6.45) is 4.63. The van der Waals surface area contributed by atoms with Crippen LogP contribution in [0.1, 0.15) is 25.7 Å². The second-order valence-electron chi connectivity index (χ2n) is 8.36. The van der Waals surface area contributed by atoms with Gasteiger partial charge in [0.05, 0.1) is 12.7 Å². The maximum absolute atomic E-state index is 12.1. The van der Waals surface area contributed by atoms with Crippen molar-refractivity contribution < 1.29 is 28.0 Å². The Labute approximate surface area is 238 Å². The summed E-state index contributed by atoms with van der Waals surface area (Å²) in [4.78, 5) is 78.4. The maximum atomic E-state index is 12.1. The Hall–Kier alpha value is -3.74. The molecular weight excluding hydrogens is 602 g/mol. The van der Waals surface area contributed by atoms with Gasteiger partial charge in [-0.1, -0.05) is 0 Å². The topological polar surface area (TPSA) is 308 Å². The van der Waals surface area contributed by atoms with Crippen LogP contribution in [-0.4, -0.2) is 61.2 Å². The SMILES string of the molecule is Cn1c(=O)n(CCCCO[P+](=O)O)c(=O)c2[nH]cnc21.Cn1c(=O)n(CCCCO[P+](=O)O)c(=O)c2[nH]cnc21.N.N. The van der Waals surface area contributed by atoms with Gasteiger partial charge in [-0.15, -0.1) is 18.8 Å². The van der Waals surface area contributed by atoms with Crippen molar-refractivity contribution in [1.29, 1.82) is 0 Å². The zero-order valence-electron chi connectivity index (χ0n) is 23.0. The van der Waals surface area contributed by atoms with Crippen molar-refractivity contribution in [3.8, 4) is 0 Å². The molecule has 42 heavy (non-hydrogen) atoms. The molecule has 0 aromatic carbocycles. The molecule has 0 spiro atoms. The smallest absolute Gasteiger partial charge is 0.344 e. The number of H-pyrrole nitrogens is 2. The fraction of sp³-hybridized carbons (Fsp3) is 0.500. The number of aromatic amines is 2. The fourth-order valence-electron chi connectivity index (χ4n) is 3.81. The summed E-state index contributed by atoms with van der Waals surface area (Å²) in [5.74, 6) is 0. The zero-order chi connectivity index (χ0) is 29.4. The molecule has 0 amide bonds. The van der Waals surface area contributed by atoms with Gasteiger partial charge >= 0.3 is 27.9 Å². The molecule has 0 aliphatic heterocycles. The quantitative estimate of drug-likeness (QED) is 0.0885. The van der Waals surface area contributed by atoms with Crippen molar-refractivity contribution in [2.24, 2.45) is 14.1 Å². The average molecular weight is 637 g/mol. The van der Waals surface area contributed by atoms with E-state index in [2.05, 4.69) is 29.0 Å². The highest BCUT2D eigenvalue weighted by Gasteiger charge is 2.15. The molecule has 0 aliphatic rings. The predicted octanol–water partition coefficient (Wildman–Crippen LogP) is 0.0636. The van der Waals surface area contributed by atoms with Crippen LogP contribution < -0.4 is 34.8 Å². The molecule has 22 heteroatoms. The molecule has 10 N–H and O–H groups in total. The first-order chi connectivity index (χ1) is 19.0. The highest BCUT2D eigenvalue weighted by molar-refractivity contribution is 7.32. The molecule has 0 saturated carbocycles. The lowest BCUT2D eigenvalue weighted by molar-refractivity contribution is 0.271. The van der Waals surface area contributed by atoms with Crippen molar-refractivity contribution in [3.05, 3.63) is 54.3 Å². The Kier molecular flexibility index (Phi) is 14.4. The van der Waals surface area contributed by atoms with Crippen LogP contribution in [-0.2, 0) is 45.4 Å². The Morgan fingerprint density at radius 3 is 1.40 bits per heavy atom. The lowest BCUT2D eigenvalue weighted by Crippen LogP contribution is -2.39. The molecule has 4 rings (SSSR count). The van der Waals surface area contributed by atoms with Gasteiger partial charge in [0.1, 0.15) is 24.2 Å². The second-order valence-corrected chi connectivity index (χ2v) is 9.82. The van der Waals surface area contributed by atoms with Gasteiger partial charge in [-0.2, -0.15) is 0 Å². The van der Waals surface area contributed by atoms with Crippen LogP contribution >= 0.6 is 16.5 Å². The van der Waals surface area contributed by atoms with Crippen LogP contribution in [0.3, 0.4) is 0 Å². The third kappa shape index (κ3) is 8.63. The van der Waals surface area contributed by atoms with Crippen LogP contribution in [0.5, 0.6) is 0 Å². The Bertz CT molecular complexity index is 1620. The minimum Gasteiger partial charge on any atom is -0.344 e. The van der Waals surface area contributed by atoms with Gasteiger partial charge in [0, 0.05) is 36.3 Å². The van der Waals surface area contributed by atoms with Crippen molar-refractivity contribution in [2.45, 2.75) is 38.8 Å². The summed E-state index contributed by atoms with van der Waals surface area (Å²) < 4.78 is 34.4. The largest absolute Gasteiger partial charge is 0.694 e. The van der Waals surface area contributed by atoms with Crippen molar-refractivity contribution in [3.63, 3.8) is 0 Å². The van der Waals surface area contributed by atoms with E-state index in [1.807, 2.05) is 0 Å². The summed E-state index contributed by atoms with van der Waals surface area (Å²) >= 11 is 0. The van der Waals surface area contributed by atoms with Gasteiger partial charge in [0.25, 0.3) is 11.1 Å². The van der Waals surface area contributed by atoms with Crippen LogP contribution in [0, 0.1) is 0 Å². The first kappa shape index (κ1) is 36.3. The number of hydrogen-bond acceptors (Lipinski definition) is 12. The number of fused-ring (bicyclic) bond motifs is 2. The van der Waals surface area contributed by atoms with E-state index >= 15 is 0 Å². The highest BCUT2D eigenvalue weighted by atomic mass is 31.1. The van der Waals surface area contributed by atoms with Gasteiger partial charge in [-0.25, -0.2) is 19.6 Å². The number of nitrogens with one attached hydrogen (secondary N) is 2. The molecule has 0 aliphatic carbocycles. The van der Waals surface area contributed by atoms with Crippen LogP contribution in [0.25, 0.3) is 22.3 Å². The number of hydrogen-bond donors (Lipinski definition) is 6. The Balaban J connectivity index is 0.000000401. The van der Waals surface area contributed by atoms with E-state index < -0.39 is 39.0 Å². The Morgan fingerprint density at radius 1 is 0.714 bits per heavy atom. The normalized spacial score (nSPS) is 11.4. The number of rotatable bonds is 12. The van der Waals surface area contributed by atoms with Crippen molar-refractivity contribution in [1.82, 2.24) is 50.5 Å². The van der Waals surface area contributed by atoms with Gasteiger partial charge in [0.15, 0.2) is 11.3 Å². The molecule has 4 heterocycles. The lowest BCUT2D eigenvalue weighted by atomic mass is 10.3. The molecule has 0 fully saturated rings. The molecule has 0 saturated heterocycles. The van der Waals surface area contributed by atoms with E-state index in [4.69, 9.17) is 9.79 Å². The number of unbranched alkanes of at least 4 members (excludes halogenated alkanes) is 2. The lowest BCUT2D eigenvalue weighted by Gasteiger charge is -2.06. The number of nitrogens with zero attached hydrogens (tertiary/aromatic N) is 6. The van der Waals surface area contributed by atoms with Crippen LogP contribution in [0.15, 0.2) is 31.8 Å². The number of aryl methyl sites for hydroxylation is 2. The predicted molar refractivity (Wildman–Crippen MR) is 151 cm³/mol. The van der Waals surface area contributed by atoms with Gasteiger partial charge in [-0.05, 0) is 25.7 Å². The van der Waals surface area contributed by atoms with E-state index in [1.54, 1.807) is 14.1 Å². The van der Waals surface area contributed by atoms with Gasteiger partial charge < -0.3 is 22.3 Å². The maximum Gasteiger partial charge on any atom is 0.694 e. The third-order valence-corrected chi connectivity index (χ3v) is 6.59. The van der Waals surface area contributed by atoms with Crippen molar-refractivity contribution >= 4 is 38.8 Å². The Morgan fingerprint density at radius 2 is 1.07 bits per heavy atom. The van der Waals surface area contributed by atoms with E-state index in [0.717, 1.165) is 9.13 Å². The fourth-order valence-corrected chi connectivity index (χ4v) is 4.38. The first-order valence-electron chi connectivity index (χ1n) is 11.9. The van der Waals surface area contributed by atoms with E-state index in [1.165, 1.54) is 21.8 Å². The summed E-state index contributed by atoms with van der Waals surface area (Å²) in [7, 11) is -2.12. The average Bonchev–Trinajstić information content (AvgIpc) is 3.60. The standard InChI is InChI=1S/2C10H13N4O5P.2H3N/c2*1-13-8-7(11-6-12-8)9(15)14(10(13)16)4-2-3-5-19-20(17)18;;/h2*6H,2-5H2,1H3,(H-,11,12,15,17,18);2*1H3/p+2. The molecule has 2 atom stereocenters. The molecule has 2 unspecified atom stereocenters. The van der Waals surface area contributed by atoms with Gasteiger partial charge in [0.2, 0.25) is 0 Å². The third-order valence-electron chi connectivity index (χ3n) is 5.78. The molecule has 0 bridgehead atoms. The molecule has 232 valence electrons. The number of imidazole rings is 2. The summed E-state index contributed by atoms with van der Waals surface area (Å²) in [6, 6.07) is 0. The number of aromatic nitrogens is 8. The summed E-state index contributed by atoms with van der Waals surface area (Å²) in [5, 5.41) is 0. The van der Waals surface area contributed by atoms with Crippen LogP contribution in [0.4, 0.5) is 0 Å². The summed E-state index contributed by atoms with van der Waals surface area (Å²) in [6.45, 7) is 0.637. The van der Waals surface area contributed by atoms with Gasteiger partial charge in [-0.3, -0.25) is 27.9 Å². The zero-order valence-corrected chi connectivity index (χ0v) is 24.8. The van der Waals surface area contributed by atoms with E-state index in [9.17, 15) is 28.3 Å². The summed E-state index contributed by atoms with van der Waals surface area (Å²) in [5.41, 5.74) is -0.533. The van der Waals surface area contributed by atoms with E-state index in [-0.39, 0.29) is 49.6 Å². The van der Waals surface area contributed by atoms with E-state index in [0.29, 0.717) is 37.0 Å². The molecule has 4 aromatic rings. The highest BCUT2D eigenvalue weighted by Crippen LogP contribution is 2.15. The minimum atomic E-state index is -2.60. The first-order valence-corrected chi connectivity index (χ1v) is 14.1. The van der Waals surface area contributed by atoms with Crippen molar-refractivity contribution in [2.75, 3.05) is 13.2 Å². The molecule has 20 nitrogen and oxygen atoms in total. The monoisotopic (exact) mass is 636 g/mol. The second kappa shape index (κ2) is 16.6. The minimum absolute atomic E-state index is 0. The van der Waals surface area contributed by atoms with Crippen LogP contribution in [0.2, 0.25) is 0 Å². The molecule has 0 radical (unpaired) electrons. The molecule has 4 aromatic heterocycles.